The van der Waals surface area contributed by atoms with Gasteiger partial charge in [-0.25, -0.2) is 4.98 Å². The summed E-state index contributed by atoms with van der Waals surface area (Å²) in [4.78, 5) is 7.98. The molecule has 1 aromatic heterocycles. The standard InChI is InChI=1S/C13H22N2O2S/c1-9-7-15(5-6-17-9)12-14-11(13(2,3)4)10(8-16)18-12/h9,16H,5-8H2,1-4H3. The number of aliphatic hydroxyl groups is 1. The number of thiazole rings is 1. The van der Waals surface area contributed by atoms with Crippen molar-refractivity contribution >= 4 is 16.5 Å². The summed E-state index contributed by atoms with van der Waals surface area (Å²) in [6.07, 6.45) is 0.248. The first kappa shape index (κ1) is 13.8. The van der Waals surface area contributed by atoms with Crippen molar-refractivity contribution in [1.29, 1.82) is 0 Å². The van der Waals surface area contributed by atoms with Gasteiger partial charge in [-0.15, -0.1) is 0 Å². The predicted molar refractivity (Wildman–Crippen MR) is 74.4 cm³/mol. The Morgan fingerprint density at radius 1 is 1.50 bits per heavy atom. The topological polar surface area (TPSA) is 45.6 Å². The van der Waals surface area contributed by atoms with E-state index in [1.54, 1.807) is 11.3 Å². The molecule has 2 heterocycles. The van der Waals surface area contributed by atoms with Gasteiger partial charge in [-0.1, -0.05) is 32.1 Å². The fourth-order valence-electron chi connectivity index (χ4n) is 2.16. The second-order valence-electron chi connectivity index (χ2n) is 5.80. The highest BCUT2D eigenvalue weighted by molar-refractivity contribution is 7.15. The van der Waals surface area contributed by atoms with Gasteiger partial charge >= 0.3 is 0 Å². The van der Waals surface area contributed by atoms with Crippen molar-refractivity contribution in [1.82, 2.24) is 4.98 Å². The molecule has 2 rings (SSSR count). The maximum atomic E-state index is 9.47. The third-order valence-corrected chi connectivity index (χ3v) is 4.15. The Morgan fingerprint density at radius 2 is 2.22 bits per heavy atom. The highest BCUT2D eigenvalue weighted by Crippen LogP contribution is 2.34. The fraction of sp³-hybridized carbons (Fsp3) is 0.769. The summed E-state index contributed by atoms with van der Waals surface area (Å²) >= 11 is 1.60. The monoisotopic (exact) mass is 270 g/mol. The van der Waals surface area contributed by atoms with Gasteiger partial charge < -0.3 is 14.7 Å². The molecule has 1 saturated heterocycles. The Kier molecular flexibility index (Phi) is 3.94. The quantitative estimate of drug-likeness (QED) is 0.894. The Balaban J connectivity index is 2.26. The van der Waals surface area contributed by atoms with Crippen molar-refractivity contribution in [3.05, 3.63) is 10.6 Å². The molecule has 1 atom stereocenters. The Labute approximate surface area is 113 Å². The van der Waals surface area contributed by atoms with Crippen molar-refractivity contribution in [2.24, 2.45) is 0 Å². The van der Waals surface area contributed by atoms with E-state index in [4.69, 9.17) is 9.72 Å². The van der Waals surface area contributed by atoms with E-state index >= 15 is 0 Å². The molecule has 0 aromatic carbocycles. The van der Waals surface area contributed by atoms with Crippen molar-refractivity contribution < 1.29 is 9.84 Å². The number of ether oxygens (including phenoxy) is 1. The molecular weight excluding hydrogens is 248 g/mol. The lowest BCUT2D eigenvalue weighted by Gasteiger charge is -2.30. The zero-order valence-electron chi connectivity index (χ0n) is 11.6. The minimum absolute atomic E-state index is 0.0231. The van der Waals surface area contributed by atoms with Crippen LogP contribution in [0.15, 0.2) is 0 Å². The Morgan fingerprint density at radius 3 is 2.72 bits per heavy atom. The SMILES string of the molecule is CC1CN(c2nc(C(C)(C)C)c(CO)s2)CCO1. The first-order chi connectivity index (χ1) is 8.41. The van der Waals surface area contributed by atoms with Crippen molar-refractivity contribution in [2.75, 3.05) is 24.6 Å². The van der Waals surface area contributed by atoms with E-state index in [0.29, 0.717) is 0 Å². The molecule has 1 aliphatic heterocycles. The molecule has 0 aliphatic carbocycles. The van der Waals surface area contributed by atoms with Crippen LogP contribution in [0.25, 0.3) is 0 Å². The third kappa shape index (κ3) is 2.84. The van der Waals surface area contributed by atoms with Crippen LogP contribution in [0.5, 0.6) is 0 Å². The van der Waals surface area contributed by atoms with Crippen LogP contribution in [-0.2, 0) is 16.8 Å². The van der Waals surface area contributed by atoms with Gasteiger partial charge in [-0.05, 0) is 6.92 Å². The van der Waals surface area contributed by atoms with E-state index in [1.165, 1.54) is 0 Å². The summed E-state index contributed by atoms with van der Waals surface area (Å²) in [6, 6.07) is 0. The number of aliphatic hydroxyl groups excluding tert-OH is 1. The summed E-state index contributed by atoms with van der Waals surface area (Å²) in [7, 11) is 0. The van der Waals surface area contributed by atoms with E-state index in [1.807, 2.05) is 0 Å². The van der Waals surface area contributed by atoms with Crippen LogP contribution < -0.4 is 4.90 Å². The number of nitrogens with zero attached hydrogens (tertiary/aromatic N) is 2. The van der Waals surface area contributed by atoms with Crippen molar-refractivity contribution in [3.63, 3.8) is 0 Å². The first-order valence-corrected chi connectivity index (χ1v) is 7.21. The zero-order valence-corrected chi connectivity index (χ0v) is 12.4. The summed E-state index contributed by atoms with van der Waals surface area (Å²) in [6.45, 7) is 11.1. The van der Waals surface area contributed by atoms with Gasteiger partial charge in [-0.3, -0.25) is 0 Å². The molecule has 0 amide bonds. The van der Waals surface area contributed by atoms with Crippen LogP contribution in [0.3, 0.4) is 0 Å². The Bertz CT molecular complexity index is 412. The molecule has 18 heavy (non-hydrogen) atoms. The lowest BCUT2D eigenvalue weighted by Crippen LogP contribution is -2.41. The van der Waals surface area contributed by atoms with Gasteiger partial charge in [0, 0.05) is 18.5 Å². The number of hydrogen-bond acceptors (Lipinski definition) is 5. The highest BCUT2D eigenvalue weighted by Gasteiger charge is 2.26. The van der Waals surface area contributed by atoms with E-state index in [9.17, 15) is 5.11 Å². The maximum Gasteiger partial charge on any atom is 0.186 e. The van der Waals surface area contributed by atoms with Crippen LogP contribution in [0.1, 0.15) is 38.3 Å². The third-order valence-electron chi connectivity index (χ3n) is 3.05. The van der Waals surface area contributed by atoms with E-state index in [0.717, 1.165) is 35.4 Å². The molecule has 1 aliphatic rings. The van der Waals surface area contributed by atoms with Crippen LogP contribution in [-0.4, -0.2) is 35.9 Å². The molecule has 1 aromatic rings. The van der Waals surface area contributed by atoms with Gasteiger partial charge in [-0.2, -0.15) is 0 Å². The van der Waals surface area contributed by atoms with Crippen molar-refractivity contribution in [3.8, 4) is 0 Å². The van der Waals surface area contributed by atoms with Gasteiger partial charge in [0.25, 0.3) is 0 Å². The molecule has 1 unspecified atom stereocenters. The molecule has 1 fully saturated rings. The molecule has 102 valence electrons. The molecular formula is C13H22N2O2S. The minimum Gasteiger partial charge on any atom is -0.391 e. The largest absolute Gasteiger partial charge is 0.391 e. The molecule has 4 nitrogen and oxygen atoms in total. The zero-order chi connectivity index (χ0) is 13.3. The molecule has 1 N–H and O–H groups in total. The second kappa shape index (κ2) is 5.15. The summed E-state index contributed by atoms with van der Waals surface area (Å²) < 4.78 is 5.55. The number of aromatic nitrogens is 1. The molecule has 0 bridgehead atoms. The number of hydrogen-bond donors (Lipinski definition) is 1. The van der Waals surface area contributed by atoms with Gasteiger partial charge in [0.15, 0.2) is 5.13 Å². The molecule has 0 radical (unpaired) electrons. The summed E-state index contributed by atoms with van der Waals surface area (Å²) in [5, 5.41) is 10.5. The van der Waals surface area contributed by atoms with E-state index < -0.39 is 0 Å². The number of morpholine rings is 1. The van der Waals surface area contributed by atoms with Crippen LogP contribution >= 0.6 is 11.3 Å². The first-order valence-electron chi connectivity index (χ1n) is 6.39. The maximum absolute atomic E-state index is 9.47. The van der Waals surface area contributed by atoms with Crippen LogP contribution in [0.4, 0.5) is 5.13 Å². The Hall–Kier alpha value is -0.650. The van der Waals surface area contributed by atoms with Gasteiger partial charge in [0.1, 0.15) is 0 Å². The lowest BCUT2D eigenvalue weighted by atomic mass is 9.91. The lowest BCUT2D eigenvalue weighted by molar-refractivity contribution is 0.0532. The van der Waals surface area contributed by atoms with Crippen molar-refractivity contribution in [2.45, 2.75) is 45.8 Å². The molecule has 0 spiro atoms. The summed E-state index contributed by atoms with van der Waals surface area (Å²) in [5.74, 6) is 0. The molecule has 5 heteroatoms. The number of rotatable bonds is 2. The highest BCUT2D eigenvalue weighted by atomic mass is 32.1. The molecule has 0 saturated carbocycles. The average Bonchev–Trinajstić information content (AvgIpc) is 2.72. The minimum atomic E-state index is -0.0231. The predicted octanol–water partition coefficient (Wildman–Crippen LogP) is 2.16. The van der Waals surface area contributed by atoms with Gasteiger partial charge in [0.2, 0.25) is 0 Å². The number of anilines is 1. The van der Waals surface area contributed by atoms with Crippen LogP contribution in [0.2, 0.25) is 0 Å². The normalized spacial score (nSPS) is 21.4. The smallest absolute Gasteiger partial charge is 0.186 e. The van der Waals surface area contributed by atoms with E-state index in [-0.39, 0.29) is 18.1 Å². The van der Waals surface area contributed by atoms with E-state index in [2.05, 4.69) is 32.6 Å². The average molecular weight is 270 g/mol. The van der Waals surface area contributed by atoms with Gasteiger partial charge in [0.05, 0.1) is 29.9 Å². The summed E-state index contributed by atoms with van der Waals surface area (Å²) in [5.41, 5.74) is 0.995. The second-order valence-corrected chi connectivity index (χ2v) is 6.87. The fourth-order valence-corrected chi connectivity index (χ4v) is 3.33. The van der Waals surface area contributed by atoms with Crippen LogP contribution in [0, 0.1) is 0 Å².